The molecule has 0 spiro atoms. The lowest BCUT2D eigenvalue weighted by atomic mass is 10.1. The van der Waals surface area contributed by atoms with Gasteiger partial charge in [-0.2, -0.15) is 0 Å². The summed E-state index contributed by atoms with van der Waals surface area (Å²) in [6.07, 6.45) is -1.18. The zero-order chi connectivity index (χ0) is 25.4. The van der Waals surface area contributed by atoms with Gasteiger partial charge < -0.3 is 20.7 Å². The van der Waals surface area contributed by atoms with E-state index < -0.39 is 22.9 Å². The molecule has 0 saturated heterocycles. The SMILES string of the molecule is CC(=O)Nc1ccc(NC(=O)C(C)OC(=O)c2cc([N+](=O)[O-])ccc2NCc2ccccc2)cc1. The lowest BCUT2D eigenvalue weighted by molar-refractivity contribution is -0.384. The Bertz CT molecular complexity index is 1230. The number of nitro groups is 1. The first-order valence-corrected chi connectivity index (χ1v) is 10.7. The average Bonchev–Trinajstić information content (AvgIpc) is 2.84. The van der Waals surface area contributed by atoms with E-state index in [0.717, 1.165) is 11.6 Å². The number of ether oxygens (including phenoxy) is 1. The average molecular weight is 476 g/mol. The molecule has 1 atom stereocenters. The van der Waals surface area contributed by atoms with Crippen molar-refractivity contribution in [2.24, 2.45) is 0 Å². The quantitative estimate of drug-likeness (QED) is 0.237. The van der Waals surface area contributed by atoms with Crippen molar-refractivity contribution in [3.05, 3.63) is 94.0 Å². The molecule has 3 aromatic rings. The van der Waals surface area contributed by atoms with Gasteiger partial charge in [0.05, 0.1) is 10.5 Å². The Morgan fingerprint density at radius 2 is 1.57 bits per heavy atom. The number of carbonyl (C=O) groups excluding carboxylic acids is 3. The van der Waals surface area contributed by atoms with Gasteiger partial charge in [0.15, 0.2) is 6.10 Å². The number of benzene rings is 3. The number of nitrogens with zero attached hydrogens (tertiary/aromatic N) is 1. The molecule has 0 fully saturated rings. The summed E-state index contributed by atoms with van der Waals surface area (Å²) >= 11 is 0. The van der Waals surface area contributed by atoms with Crippen molar-refractivity contribution in [1.29, 1.82) is 0 Å². The zero-order valence-electron chi connectivity index (χ0n) is 19.1. The summed E-state index contributed by atoms with van der Waals surface area (Å²) in [6, 6.07) is 19.6. The van der Waals surface area contributed by atoms with E-state index in [2.05, 4.69) is 16.0 Å². The van der Waals surface area contributed by atoms with Crippen molar-refractivity contribution in [3.8, 4) is 0 Å². The molecular formula is C25H24N4O6. The molecule has 0 saturated carbocycles. The van der Waals surface area contributed by atoms with Crippen LogP contribution in [0.5, 0.6) is 0 Å². The predicted molar refractivity (Wildman–Crippen MR) is 131 cm³/mol. The highest BCUT2D eigenvalue weighted by molar-refractivity contribution is 6.00. The highest BCUT2D eigenvalue weighted by Gasteiger charge is 2.23. The van der Waals surface area contributed by atoms with Crippen LogP contribution in [-0.4, -0.2) is 28.8 Å². The number of hydrogen-bond donors (Lipinski definition) is 3. The third-order valence-corrected chi connectivity index (χ3v) is 4.89. The second kappa shape index (κ2) is 11.4. The Hall–Kier alpha value is -4.73. The van der Waals surface area contributed by atoms with E-state index in [4.69, 9.17) is 4.74 Å². The lowest BCUT2D eigenvalue weighted by Gasteiger charge is -2.16. The van der Waals surface area contributed by atoms with Gasteiger partial charge in [-0.1, -0.05) is 30.3 Å². The number of nitrogens with one attached hydrogen (secondary N) is 3. The van der Waals surface area contributed by atoms with Gasteiger partial charge in [-0.15, -0.1) is 0 Å². The second-order valence-corrected chi connectivity index (χ2v) is 7.62. The topological polar surface area (TPSA) is 140 Å². The molecule has 0 heterocycles. The molecule has 35 heavy (non-hydrogen) atoms. The highest BCUT2D eigenvalue weighted by atomic mass is 16.6. The minimum atomic E-state index is -1.18. The van der Waals surface area contributed by atoms with Gasteiger partial charge in [0.1, 0.15) is 0 Å². The molecule has 0 aliphatic heterocycles. The van der Waals surface area contributed by atoms with E-state index in [-0.39, 0.29) is 17.2 Å². The van der Waals surface area contributed by atoms with Crippen LogP contribution < -0.4 is 16.0 Å². The first kappa shape index (κ1) is 24.9. The van der Waals surface area contributed by atoms with E-state index in [9.17, 15) is 24.5 Å². The summed E-state index contributed by atoms with van der Waals surface area (Å²) in [5.41, 5.74) is 1.95. The van der Waals surface area contributed by atoms with Crippen molar-refractivity contribution >= 4 is 40.5 Å². The second-order valence-electron chi connectivity index (χ2n) is 7.62. The maximum absolute atomic E-state index is 12.9. The van der Waals surface area contributed by atoms with Crippen molar-refractivity contribution in [3.63, 3.8) is 0 Å². The number of amides is 2. The van der Waals surface area contributed by atoms with Gasteiger partial charge in [0.25, 0.3) is 11.6 Å². The fourth-order valence-corrected chi connectivity index (χ4v) is 3.12. The van der Waals surface area contributed by atoms with E-state index in [0.29, 0.717) is 23.6 Å². The maximum Gasteiger partial charge on any atom is 0.341 e. The molecule has 0 bridgehead atoms. The van der Waals surface area contributed by atoms with Crippen LogP contribution in [0.15, 0.2) is 72.8 Å². The number of carbonyl (C=O) groups is 3. The number of hydrogen-bond acceptors (Lipinski definition) is 7. The van der Waals surface area contributed by atoms with Crippen LogP contribution in [0, 0.1) is 10.1 Å². The zero-order valence-corrected chi connectivity index (χ0v) is 19.1. The normalized spacial score (nSPS) is 11.1. The maximum atomic E-state index is 12.9. The van der Waals surface area contributed by atoms with Crippen LogP contribution in [0.25, 0.3) is 0 Å². The van der Waals surface area contributed by atoms with Crippen LogP contribution in [0.3, 0.4) is 0 Å². The summed E-state index contributed by atoms with van der Waals surface area (Å²) in [7, 11) is 0. The summed E-state index contributed by atoms with van der Waals surface area (Å²) < 4.78 is 5.30. The third-order valence-electron chi connectivity index (χ3n) is 4.89. The molecule has 0 aliphatic rings. The molecule has 3 N–H and O–H groups in total. The van der Waals surface area contributed by atoms with Crippen LogP contribution in [-0.2, 0) is 20.9 Å². The highest BCUT2D eigenvalue weighted by Crippen LogP contribution is 2.24. The van der Waals surface area contributed by atoms with E-state index >= 15 is 0 Å². The molecule has 1 unspecified atom stereocenters. The summed E-state index contributed by atoms with van der Waals surface area (Å²) in [4.78, 5) is 47.1. The molecule has 10 nitrogen and oxygen atoms in total. The Balaban J connectivity index is 1.69. The molecule has 3 rings (SSSR count). The minimum absolute atomic E-state index is 0.0607. The molecule has 180 valence electrons. The van der Waals surface area contributed by atoms with Crippen LogP contribution in [0.2, 0.25) is 0 Å². The minimum Gasteiger partial charge on any atom is -0.449 e. The van der Waals surface area contributed by atoms with Crippen molar-refractivity contribution in [1.82, 2.24) is 0 Å². The standard InChI is InChI=1S/C25H24N4O6/c1-16(24(31)28-20-10-8-19(9-11-20)27-17(2)30)35-25(32)22-14-21(29(33)34)12-13-23(22)26-15-18-6-4-3-5-7-18/h3-14,16,26H,15H2,1-2H3,(H,27,30)(H,28,31). The van der Waals surface area contributed by atoms with Gasteiger partial charge in [-0.3, -0.25) is 19.7 Å². The third kappa shape index (κ3) is 7.13. The molecule has 2 amide bonds. The van der Waals surface area contributed by atoms with Crippen molar-refractivity contribution < 1.29 is 24.0 Å². The molecule has 3 aromatic carbocycles. The Morgan fingerprint density at radius 3 is 2.17 bits per heavy atom. The van der Waals surface area contributed by atoms with E-state index in [1.807, 2.05) is 30.3 Å². The van der Waals surface area contributed by atoms with Crippen molar-refractivity contribution in [2.45, 2.75) is 26.5 Å². The number of rotatable bonds is 9. The molecule has 0 aliphatic carbocycles. The summed E-state index contributed by atoms with van der Waals surface area (Å²) in [5, 5.41) is 19.5. The van der Waals surface area contributed by atoms with Crippen molar-refractivity contribution in [2.75, 3.05) is 16.0 Å². The van der Waals surface area contributed by atoms with E-state index in [1.54, 1.807) is 24.3 Å². The molecular weight excluding hydrogens is 452 g/mol. The van der Waals surface area contributed by atoms with Gasteiger partial charge in [-0.25, -0.2) is 4.79 Å². The fourth-order valence-electron chi connectivity index (χ4n) is 3.12. The Kier molecular flexibility index (Phi) is 8.12. The van der Waals surface area contributed by atoms with E-state index in [1.165, 1.54) is 26.0 Å². The smallest absolute Gasteiger partial charge is 0.341 e. The first-order valence-electron chi connectivity index (χ1n) is 10.7. The summed E-state index contributed by atoms with van der Waals surface area (Å²) in [5.74, 6) is -1.69. The Morgan fingerprint density at radius 1 is 0.943 bits per heavy atom. The molecule has 0 radical (unpaired) electrons. The number of anilines is 3. The summed E-state index contributed by atoms with van der Waals surface area (Å²) in [6.45, 7) is 3.16. The lowest BCUT2D eigenvalue weighted by Crippen LogP contribution is -2.30. The van der Waals surface area contributed by atoms with Crippen LogP contribution in [0.1, 0.15) is 29.8 Å². The first-order chi connectivity index (χ1) is 16.7. The number of non-ortho nitro benzene ring substituents is 1. The number of nitro benzene ring substituents is 1. The van der Waals surface area contributed by atoms with Gasteiger partial charge in [0, 0.05) is 42.7 Å². The largest absolute Gasteiger partial charge is 0.449 e. The van der Waals surface area contributed by atoms with Gasteiger partial charge >= 0.3 is 5.97 Å². The van der Waals surface area contributed by atoms with Crippen LogP contribution >= 0.6 is 0 Å². The Labute approximate surface area is 201 Å². The number of esters is 1. The molecule has 10 heteroatoms. The van der Waals surface area contributed by atoms with Crippen LogP contribution in [0.4, 0.5) is 22.7 Å². The molecule has 0 aromatic heterocycles. The van der Waals surface area contributed by atoms with Gasteiger partial charge in [-0.05, 0) is 42.8 Å². The fraction of sp³-hybridized carbons (Fsp3) is 0.160. The monoisotopic (exact) mass is 476 g/mol. The van der Waals surface area contributed by atoms with Gasteiger partial charge in [0.2, 0.25) is 5.91 Å². The predicted octanol–water partition coefficient (Wildman–Crippen LogP) is 4.35.